The maximum Gasteiger partial charge on any atom is 0.132 e. The van der Waals surface area contributed by atoms with Gasteiger partial charge in [0.1, 0.15) is 22.7 Å². The average Bonchev–Trinajstić information content (AvgIpc) is 2.99. The van der Waals surface area contributed by atoms with Crippen LogP contribution in [0.2, 0.25) is 0 Å². The molecule has 3 N–H and O–H groups in total. The molecule has 3 heterocycles. The predicted molar refractivity (Wildman–Crippen MR) is 140 cm³/mol. The van der Waals surface area contributed by atoms with E-state index in [0.29, 0.717) is 17.1 Å². The first-order valence-electron chi connectivity index (χ1n) is 12.2. The van der Waals surface area contributed by atoms with Crippen molar-refractivity contribution in [3.63, 3.8) is 0 Å². The van der Waals surface area contributed by atoms with Gasteiger partial charge >= 0.3 is 0 Å². The van der Waals surface area contributed by atoms with Crippen molar-refractivity contribution in [3.8, 4) is 0 Å². The molecule has 1 saturated carbocycles. The van der Waals surface area contributed by atoms with E-state index in [1.165, 1.54) is 61.2 Å². The minimum absolute atomic E-state index is 0.296. The molecule has 5 rings (SSSR count). The Bertz CT molecular complexity index is 1110. The fourth-order valence-electron chi connectivity index (χ4n) is 6.02. The molecular formula is C27H35N5S. The van der Waals surface area contributed by atoms with Gasteiger partial charge in [-0.15, -0.1) is 11.3 Å². The average molecular weight is 462 g/mol. The number of anilines is 1. The summed E-state index contributed by atoms with van der Waals surface area (Å²) < 4.78 is 0. The monoisotopic (exact) mass is 461 g/mol. The summed E-state index contributed by atoms with van der Waals surface area (Å²) in [5.41, 5.74) is 6.39. The molecule has 1 aromatic heterocycles. The summed E-state index contributed by atoms with van der Waals surface area (Å²) in [6.45, 7) is 10.4. The van der Waals surface area contributed by atoms with Gasteiger partial charge in [0.05, 0.1) is 5.71 Å². The smallest absolute Gasteiger partial charge is 0.132 e. The van der Waals surface area contributed by atoms with Crippen LogP contribution in [-0.2, 0) is 6.42 Å². The number of aliphatic imine (C=N–C) groups is 1. The maximum absolute atomic E-state index is 8.69. The molecule has 1 saturated heterocycles. The number of fused-ring (bicyclic) bond motifs is 1. The molecule has 2 aliphatic heterocycles. The SMILES string of the molecule is CC(=N)N1C(=N)C(C)N=C(c2ccc(CC3CC4(CCNCC4)C3)cc2)c2c1sc(C)c2C. The summed E-state index contributed by atoms with van der Waals surface area (Å²) in [6, 6.07) is 8.69. The molecular weight excluding hydrogens is 426 g/mol. The van der Waals surface area contributed by atoms with Crippen molar-refractivity contribution in [2.75, 3.05) is 18.0 Å². The Labute approximate surface area is 201 Å². The van der Waals surface area contributed by atoms with Gasteiger partial charge < -0.3 is 5.32 Å². The molecule has 2 fully saturated rings. The van der Waals surface area contributed by atoms with E-state index in [0.717, 1.165) is 27.8 Å². The highest BCUT2D eigenvalue weighted by Gasteiger charge is 2.44. The highest BCUT2D eigenvalue weighted by Crippen LogP contribution is 2.52. The molecule has 3 aliphatic rings. The number of nitrogens with one attached hydrogen (secondary N) is 3. The first kappa shape index (κ1) is 22.5. The second-order valence-electron chi connectivity index (χ2n) is 10.3. The summed E-state index contributed by atoms with van der Waals surface area (Å²) in [7, 11) is 0. The Balaban J connectivity index is 1.40. The molecule has 1 unspecified atom stereocenters. The lowest BCUT2D eigenvalue weighted by Gasteiger charge is -2.50. The topological polar surface area (TPSA) is 75.3 Å². The van der Waals surface area contributed by atoms with E-state index >= 15 is 0 Å². The van der Waals surface area contributed by atoms with Crippen LogP contribution in [0.5, 0.6) is 0 Å². The molecule has 5 nitrogen and oxygen atoms in total. The van der Waals surface area contributed by atoms with Gasteiger partial charge in [-0.05, 0) is 95.3 Å². The minimum Gasteiger partial charge on any atom is -0.317 e. The summed E-state index contributed by atoms with van der Waals surface area (Å²) in [5.74, 6) is 1.56. The van der Waals surface area contributed by atoms with Gasteiger partial charge in [-0.2, -0.15) is 0 Å². The first-order chi connectivity index (χ1) is 15.8. The number of aryl methyl sites for hydroxylation is 1. The summed E-state index contributed by atoms with van der Waals surface area (Å²) in [5, 5.41) is 21.5. The Morgan fingerprint density at radius 2 is 1.85 bits per heavy atom. The first-order valence-corrected chi connectivity index (χ1v) is 13.0. The van der Waals surface area contributed by atoms with Crippen molar-refractivity contribution >= 4 is 33.7 Å². The van der Waals surface area contributed by atoms with Crippen LogP contribution in [0, 0.1) is 36.0 Å². The number of hydrogen-bond acceptors (Lipinski definition) is 5. The van der Waals surface area contributed by atoms with Gasteiger partial charge in [0, 0.05) is 16.0 Å². The van der Waals surface area contributed by atoms with Crippen LogP contribution < -0.4 is 10.2 Å². The van der Waals surface area contributed by atoms with E-state index in [9.17, 15) is 0 Å². The number of benzene rings is 1. The Hall–Kier alpha value is -2.31. The van der Waals surface area contributed by atoms with Gasteiger partial charge in [0.2, 0.25) is 0 Å². The molecule has 174 valence electrons. The van der Waals surface area contributed by atoms with Crippen molar-refractivity contribution in [2.45, 2.75) is 65.8 Å². The number of thiophene rings is 1. The third-order valence-electron chi connectivity index (χ3n) is 7.96. The maximum atomic E-state index is 8.69. The zero-order chi connectivity index (χ0) is 23.3. The van der Waals surface area contributed by atoms with Crippen LogP contribution in [-0.4, -0.2) is 36.5 Å². The third kappa shape index (κ3) is 3.97. The fourth-order valence-corrected chi connectivity index (χ4v) is 7.24. The molecule has 2 aromatic rings. The third-order valence-corrected chi connectivity index (χ3v) is 9.15. The largest absolute Gasteiger partial charge is 0.317 e. The zero-order valence-electron chi connectivity index (χ0n) is 20.2. The van der Waals surface area contributed by atoms with E-state index < -0.39 is 0 Å². The van der Waals surface area contributed by atoms with Crippen LogP contribution >= 0.6 is 11.3 Å². The molecule has 6 heteroatoms. The van der Waals surface area contributed by atoms with Crippen LogP contribution in [0.15, 0.2) is 29.3 Å². The fraction of sp³-hybridized carbons (Fsp3) is 0.519. The standard InChI is InChI=1S/C27H35N5S/c1-16-18(3)33-26-23(16)24(31-17(2)25(29)32(26)19(4)28)22-7-5-20(6-8-22)13-21-14-27(15-21)9-11-30-12-10-27/h5-8,17,21,28-30H,9-15H2,1-4H3. The number of nitrogens with zero attached hydrogens (tertiary/aromatic N) is 2. The quantitative estimate of drug-likeness (QED) is 0.405. The normalized spacial score (nSPS) is 22.5. The van der Waals surface area contributed by atoms with E-state index in [2.05, 4.69) is 43.4 Å². The summed E-state index contributed by atoms with van der Waals surface area (Å²) in [6.07, 6.45) is 6.65. The number of piperidine rings is 1. The van der Waals surface area contributed by atoms with Crippen molar-refractivity contribution < 1.29 is 0 Å². The van der Waals surface area contributed by atoms with Gasteiger partial charge in [-0.25, -0.2) is 0 Å². The van der Waals surface area contributed by atoms with Gasteiger partial charge in [-0.1, -0.05) is 24.3 Å². The number of hydrogen-bond donors (Lipinski definition) is 3. The molecule has 1 atom stereocenters. The second kappa shape index (κ2) is 8.48. The van der Waals surface area contributed by atoms with Crippen LogP contribution in [0.25, 0.3) is 0 Å². The van der Waals surface area contributed by atoms with E-state index in [1.807, 2.05) is 6.92 Å². The lowest BCUT2D eigenvalue weighted by atomic mass is 9.56. The Morgan fingerprint density at radius 3 is 2.48 bits per heavy atom. The zero-order valence-corrected chi connectivity index (χ0v) is 21.0. The van der Waals surface area contributed by atoms with Gasteiger partial charge in [0.25, 0.3) is 0 Å². The van der Waals surface area contributed by atoms with Crippen LogP contribution in [0.3, 0.4) is 0 Å². The second-order valence-corrected chi connectivity index (χ2v) is 11.6. The summed E-state index contributed by atoms with van der Waals surface area (Å²) >= 11 is 1.66. The van der Waals surface area contributed by atoms with Crippen LogP contribution in [0.1, 0.15) is 66.7 Å². The molecule has 1 aliphatic carbocycles. The van der Waals surface area contributed by atoms with Gasteiger partial charge in [0.15, 0.2) is 0 Å². The highest BCUT2D eigenvalue weighted by atomic mass is 32.1. The molecule has 0 radical (unpaired) electrons. The van der Waals surface area contributed by atoms with Crippen LogP contribution in [0.4, 0.5) is 5.00 Å². The van der Waals surface area contributed by atoms with E-state index in [4.69, 9.17) is 15.8 Å². The molecule has 33 heavy (non-hydrogen) atoms. The van der Waals surface area contributed by atoms with E-state index in [1.54, 1.807) is 23.2 Å². The lowest BCUT2D eigenvalue weighted by molar-refractivity contribution is 0.0221. The predicted octanol–water partition coefficient (Wildman–Crippen LogP) is 5.71. The molecule has 0 bridgehead atoms. The van der Waals surface area contributed by atoms with E-state index in [-0.39, 0.29) is 6.04 Å². The number of rotatable bonds is 3. The molecule has 0 amide bonds. The lowest BCUT2D eigenvalue weighted by Crippen LogP contribution is -2.45. The Kier molecular flexibility index (Phi) is 5.78. The minimum atomic E-state index is -0.296. The van der Waals surface area contributed by atoms with Gasteiger partial charge in [-0.3, -0.25) is 20.7 Å². The summed E-state index contributed by atoms with van der Waals surface area (Å²) in [4.78, 5) is 7.99. The van der Waals surface area contributed by atoms with Crippen molar-refractivity contribution in [3.05, 3.63) is 51.4 Å². The molecule has 1 aromatic carbocycles. The Morgan fingerprint density at radius 1 is 1.18 bits per heavy atom. The van der Waals surface area contributed by atoms with Crippen molar-refractivity contribution in [1.29, 1.82) is 10.8 Å². The molecule has 1 spiro atoms. The number of amidine groups is 2. The van der Waals surface area contributed by atoms with Crippen molar-refractivity contribution in [1.82, 2.24) is 5.32 Å². The van der Waals surface area contributed by atoms with Crippen molar-refractivity contribution in [2.24, 2.45) is 16.3 Å². The highest BCUT2D eigenvalue weighted by molar-refractivity contribution is 7.17.